The smallest absolute Gasteiger partial charge is 0.253 e. The van der Waals surface area contributed by atoms with Crippen molar-refractivity contribution in [3.05, 3.63) is 65.7 Å². The third kappa shape index (κ3) is 6.40. The summed E-state index contributed by atoms with van der Waals surface area (Å²) in [4.78, 5) is 29.7. The van der Waals surface area contributed by atoms with Gasteiger partial charge in [-0.2, -0.15) is 0 Å². The first-order valence-corrected chi connectivity index (χ1v) is 13.1. The highest BCUT2D eigenvalue weighted by Gasteiger charge is 2.33. The van der Waals surface area contributed by atoms with Gasteiger partial charge in [0.1, 0.15) is 0 Å². The standard InChI is InChI=1S/C24H30N4O4S/c29-23(17-27-11-13-28(14-12-27)20-10-15-33(31,32)18-20)26-22-9-5-4-8-21(22)24(30)25-16-19-6-2-1-3-7-19/h1-9,20H,10-18H2,(H,25,30)(H,26,29)/t20-/m0/s1. The van der Waals surface area contributed by atoms with Crippen molar-refractivity contribution in [2.24, 2.45) is 0 Å². The number of hydrogen-bond acceptors (Lipinski definition) is 6. The predicted molar refractivity (Wildman–Crippen MR) is 128 cm³/mol. The van der Waals surface area contributed by atoms with Crippen LogP contribution in [0.1, 0.15) is 22.3 Å². The van der Waals surface area contributed by atoms with Gasteiger partial charge in [0.05, 0.1) is 29.3 Å². The summed E-state index contributed by atoms with van der Waals surface area (Å²) in [7, 11) is -2.90. The van der Waals surface area contributed by atoms with Crippen molar-refractivity contribution in [2.75, 3.05) is 49.5 Å². The Kier molecular flexibility index (Phi) is 7.42. The molecule has 0 aromatic heterocycles. The highest BCUT2D eigenvalue weighted by Crippen LogP contribution is 2.19. The van der Waals surface area contributed by atoms with E-state index in [0.717, 1.165) is 18.7 Å². The molecule has 0 saturated carbocycles. The minimum absolute atomic E-state index is 0.104. The number of rotatable bonds is 7. The summed E-state index contributed by atoms with van der Waals surface area (Å²) in [5, 5.41) is 5.78. The van der Waals surface area contributed by atoms with Crippen molar-refractivity contribution in [3.8, 4) is 0 Å². The van der Waals surface area contributed by atoms with E-state index in [9.17, 15) is 18.0 Å². The molecular formula is C24H30N4O4S. The van der Waals surface area contributed by atoms with Gasteiger partial charge in [0.2, 0.25) is 5.91 Å². The van der Waals surface area contributed by atoms with Gasteiger partial charge in [-0.3, -0.25) is 19.4 Å². The van der Waals surface area contributed by atoms with E-state index in [0.29, 0.717) is 37.3 Å². The van der Waals surface area contributed by atoms with E-state index < -0.39 is 9.84 Å². The molecular weight excluding hydrogens is 440 g/mol. The number of sulfone groups is 1. The van der Waals surface area contributed by atoms with Crippen LogP contribution >= 0.6 is 0 Å². The molecule has 2 fully saturated rings. The fraction of sp³-hybridized carbons (Fsp3) is 0.417. The van der Waals surface area contributed by atoms with Gasteiger partial charge in [-0.1, -0.05) is 42.5 Å². The van der Waals surface area contributed by atoms with Gasteiger partial charge in [0, 0.05) is 38.8 Å². The van der Waals surface area contributed by atoms with Crippen LogP contribution in [0.25, 0.3) is 0 Å². The van der Waals surface area contributed by atoms with E-state index in [1.54, 1.807) is 24.3 Å². The van der Waals surface area contributed by atoms with Crippen molar-refractivity contribution in [2.45, 2.75) is 19.0 Å². The number of anilines is 1. The quantitative estimate of drug-likeness (QED) is 0.634. The molecule has 2 amide bonds. The first-order chi connectivity index (χ1) is 15.9. The Balaban J connectivity index is 1.27. The number of para-hydroxylation sites is 1. The van der Waals surface area contributed by atoms with E-state index in [-0.39, 0.29) is 35.9 Å². The lowest BCUT2D eigenvalue weighted by Crippen LogP contribution is -2.52. The molecule has 2 heterocycles. The van der Waals surface area contributed by atoms with Crippen LogP contribution in [0.5, 0.6) is 0 Å². The minimum Gasteiger partial charge on any atom is -0.348 e. The fourth-order valence-corrected chi connectivity index (χ4v) is 6.17. The van der Waals surface area contributed by atoms with Gasteiger partial charge >= 0.3 is 0 Å². The molecule has 0 bridgehead atoms. The molecule has 2 aromatic carbocycles. The SMILES string of the molecule is O=C(CN1CCN([C@H]2CCS(=O)(=O)C2)CC1)Nc1ccccc1C(=O)NCc1ccccc1. The van der Waals surface area contributed by atoms with Crippen molar-refractivity contribution in [3.63, 3.8) is 0 Å². The summed E-state index contributed by atoms with van der Waals surface area (Å²) in [5.74, 6) is 0.111. The Morgan fingerprint density at radius 3 is 2.33 bits per heavy atom. The van der Waals surface area contributed by atoms with Gasteiger partial charge in [-0.25, -0.2) is 8.42 Å². The lowest BCUT2D eigenvalue weighted by Gasteiger charge is -2.37. The lowest BCUT2D eigenvalue weighted by atomic mass is 10.1. The number of carbonyl (C=O) groups excluding carboxylic acids is 2. The zero-order valence-electron chi connectivity index (χ0n) is 18.6. The minimum atomic E-state index is -2.90. The van der Waals surface area contributed by atoms with E-state index in [2.05, 4.69) is 20.4 Å². The Bertz CT molecular complexity index is 1080. The third-order valence-corrected chi connectivity index (χ3v) is 7.99. The molecule has 4 rings (SSSR count). The van der Waals surface area contributed by atoms with Crippen molar-refractivity contribution >= 4 is 27.3 Å². The number of amides is 2. The van der Waals surface area contributed by atoms with E-state index in [1.165, 1.54) is 0 Å². The molecule has 2 aliphatic heterocycles. The zero-order chi connectivity index (χ0) is 23.3. The number of hydrogen-bond donors (Lipinski definition) is 2. The maximum Gasteiger partial charge on any atom is 0.253 e. The van der Waals surface area contributed by atoms with Crippen LogP contribution in [0, 0.1) is 0 Å². The average Bonchev–Trinajstić information content (AvgIpc) is 3.18. The number of nitrogens with zero attached hydrogens (tertiary/aromatic N) is 2. The summed E-state index contributed by atoms with van der Waals surface area (Å²) in [5.41, 5.74) is 1.92. The number of piperazine rings is 1. The first kappa shape index (κ1) is 23.4. The van der Waals surface area contributed by atoms with E-state index in [4.69, 9.17) is 0 Å². The molecule has 0 spiro atoms. The maximum absolute atomic E-state index is 12.7. The predicted octanol–water partition coefficient (Wildman–Crippen LogP) is 1.36. The third-order valence-electron chi connectivity index (χ3n) is 6.24. The molecule has 0 radical (unpaired) electrons. The molecule has 0 aliphatic carbocycles. The number of carbonyl (C=O) groups is 2. The fourth-order valence-electron chi connectivity index (χ4n) is 4.41. The summed E-state index contributed by atoms with van der Waals surface area (Å²) in [6.45, 7) is 3.58. The normalized spacial score (nSPS) is 20.9. The van der Waals surface area contributed by atoms with Crippen molar-refractivity contribution in [1.82, 2.24) is 15.1 Å². The Morgan fingerprint density at radius 1 is 0.939 bits per heavy atom. The van der Waals surface area contributed by atoms with Gasteiger partial charge < -0.3 is 10.6 Å². The largest absolute Gasteiger partial charge is 0.348 e. The van der Waals surface area contributed by atoms with E-state index >= 15 is 0 Å². The van der Waals surface area contributed by atoms with Crippen LogP contribution in [0.15, 0.2) is 54.6 Å². The monoisotopic (exact) mass is 470 g/mol. The molecule has 2 aliphatic rings. The second-order valence-corrected chi connectivity index (χ2v) is 10.9. The topological polar surface area (TPSA) is 98.8 Å². The van der Waals surface area contributed by atoms with E-state index in [1.807, 2.05) is 30.3 Å². The highest BCUT2D eigenvalue weighted by molar-refractivity contribution is 7.91. The van der Waals surface area contributed by atoms with Crippen molar-refractivity contribution < 1.29 is 18.0 Å². The molecule has 8 nitrogen and oxygen atoms in total. The summed E-state index contributed by atoms with van der Waals surface area (Å²) in [6, 6.07) is 16.8. The molecule has 1 atom stereocenters. The molecule has 0 unspecified atom stereocenters. The Labute approximate surface area is 194 Å². The molecule has 9 heteroatoms. The van der Waals surface area contributed by atoms with Crippen molar-refractivity contribution in [1.29, 1.82) is 0 Å². The second-order valence-electron chi connectivity index (χ2n) is 8.63. The maximum atomic E-state index is 12.7. The summed E-state index contributed by atoms with van der Waals surface area (Å²) in [6.07, 6.45) is 0.700. The van der Waals surface area contributed by atoms with Crippen LogP contribution < -0.4 is 10.6 Å². The number of nitrogens with one attached hydrogen (secondary N) is 2. The molecule has 176 valence electrons. The molecule has 2 aromatic rings. The first-order valence-electron chi connectivity index (χ1n) is 11.3. The second kappa shape index (κ2) is 10.5. The number of benzene rings is 2. The molecule has 2 saturated heterocycles. The summed E-state index contributed by atoms with van der Waals surface area (Å²) >= 11 is 0. The van der Waals surface area contributed by atoms with Gasteiger partial charge in [-0.05, 0) is 24.1 Å². The Morgan fingerprint density at radius 2 is 1.64 bits per heavy atom. The molecule has 2 N–H and O–H groups in total. The molecule has 33 heavy (non-hydrogen) atoms. The van der Waals surface area contributed by atoms with Gasteiger partial charge in [0.15, 0.2) is 9.84 Å². The average molecular weight is 471 g/mol. The van der Waals surface area contributed by atoms with Crippen LogP contribution in [-0.4, -0.2) is 80.3 Å². The zero-order valence-corrected chi connectivity index (χ0v) is 19.4. The lowest BCUT2D eigenvalue weighted by molar-refractivity contribution is -0.117. The Hall–Kier alpha value is -2.75. The van der Waals surface area contributed by atoms with Crippen LogP contribution in [0.4, 0.5) is 5.69 Å². The van der Waals surface area contributed by atoms with Crippen LogP contribution in [-0.2, 0) is 21.2 Å². The highest BCUT2D eigenvalue weighted by atomic mass is 32.2. The van der Waals surface area contributed by atoms with Crippen LogP contribution in [0.2, 0.25) is 0 Å². The summed E-state index contributed by atoms with van der Waals surface area (Å²) < 4.78 is 23.5. The van der Waals surface area contributed by atoms with Crippen LogP contribution in [0.3, 0.4) is 0 Å². The van der Waals surface area contributed by atoms with Gasteiger partial charge in [0.25, 0.3) is 5.91 Å². The van der Waals surface area contributed by atoms with Gasteiger partial charge in [-0.15, -0.1) is 0 Å².